The molecule has 1 amide bonds. The minimum Gasteiger partial charge on any atom is -0.348 e. The Balaban J connectivity index is 2.06. The Bertz CT molecular complexity index is 593. The summed E-state index contributed by atoms with van der Waals surface area (Å²) in [6.45, 7) is 7.91. The molecule has 4 heteroatoms. The van der Waals surface area contributed by atoms with Crippen molar-refractivity contribution in [1.82, 2.24) is 5.32 Å². The van der Waals surface area contributed by atoms with Crippen LogP contribution in [0.1, 0.15) is 45.7 Å². The monoisotopic (exact) mass is 318 g/mol. The van der Waals surface area contributed by atoms with Crippen LogP contribution >= 0.6 is 11.6 Å². The zero-order chi connectivity index (χ0) is 16.5. The number of nitriles is 1. The highest BCUT2D eigenvalue weighted by Gasteiger charge is 2.64. The van der Waals surface area contributed by atoms with Gasteiger partial charge in [0.05, 0.1) is 12.1 Å². The normalized spacial score (nSPS) is 30.7. The Kier molecular flexibility index (Phi) is 4.54. The molecule has 5 atom stereocenters. The van der Waals surface area contributed by atoms with Crippen LogP contribution in [0.5, 0.6) is 0 Å². The Hall–Kier alpha value is -1.53. The Labute approximate surface area is 137 Å². The lowest BCUT2D eigenvalue weighted by molar-refractivity contribution is -0.126. The highest BCUT2D eigenvalue weighted by atomic mass is 35.5. The summed E-state index contributed by atoms with van der Waals surface area (Å²) in [6, 6.07) is 11.8. The highest BCUT2D eigenvalue weighted by molar-refractivity contribution is 6.26. The van der Waals surface area contributed by atoms with Crippen molar-refractivity contribution in [2.75, 3.05) is 0 Å². The molecule has 3 nitrogen and oxygen atoms in total. The third kappa shape index (κ3) is 2.98. The van der Waals surface area contributed by atoms with E-state index < -0.39 is 5.92 Å². The van der Waals surface area contributed by atoms with Gasteiger partial charge < -0.3 is 5.32 Å². The number of alkyl halides is 1. The van der Waals surface area contributed by atoms with Crippen LogP contribution < -0.4 is 5.32 Å². The fourth-order valence-electron chi connectivity index (χ4n) is 3.17. The van der Waals surface area contributed by atoms with Gasteiger partial charge in [-0.1, -0.05) is 44.2 Å². The van der Waals surface area contributed by atoms with Gasteiger partial charge in [-0.3, -0.25) is 4.79 Å². The molecule has 118 valence electrons. The number of halogens is 1. The molecular formula is C18H23ClN2O. The van der Waals surface area contributed by atoms with Crippen LogP contribution in [0.2, 0.25) is 0 Å². The summed E-state index contributed by atoms with van der Waals surface area (Å²) in [6.07, 6.45) is 0.836. The lowest BCUT2D eigenvalue weighted by Gasteiger charge is -2.27. The van der Waals surface area contributed by atoms with E-state index in [0.717, 1.165) is 12.0 Å². The van der Waals surface area contributed by atoms with E-state index in [4.69, 9.17) is 11.6 Å². The highest BCUT2D eigenvalue weighted by Crippen LogP contribution is 2.66. The van der Waals surface area contributed by atoms with Crippen molar-refractivity contribution in [2.24, 2.45) is 17.3 Å². The molecule has 0 radical (unpaired) electrons. The van der Waals surface area contributed by atoms with Gasteiger partial charge in [0.25, 0.3) is 0 Å². The molecule has 0 aromatic heterocycles. The molecule has 22 heavy (non-hydrogen) atoms. The standard InChI is InChI=1S/C18H23ClN2O/c1-12(17(3)11-18(17,4)19)15(10-20)16(22)21-13(2)14-8-6-5-7-9-14/h5-9,12-13,15H,11H2,1-4H3,(H,21,22). The molecule has 0 heterocycles. The summed E-state index contributed by atoms with van der Waals surface area (Å²) in [5.41, 5.74) is 0.863. The van der Waals surface area contributed by atoms with Crippen molar-refractivity contribution >= 4 is 17.5 Å². The average molecular weight is 319 g/mol. The second kappa shape index (κ2) is 5.93. The van der Waals surface area contributed by atoms with Crippen molar-refractivity contribution in [1.29, 1.82) is 5.26 Å². The summed E-state index contributed by atoms with van der Waals surface area (Å²) in [5.74, 6) is -0.980. The first-order valence-corrected chi connectivity index (χ1v) is 8.04. The second-order valence-corrected chi connectivity index (χ2v) is 7.66. The van der Waals surface area contributed by atoms with E-state index >= 15 is 0 Å². The quantitative estimate of drug-likeness (QED) is 0.833. The van der Waals surface area contributed by atoms with Gasteiger partial charge in [-0.05, 0) is 37.2 Å². The van der Waals surface area contributed by atoms with Crippen LogP contribution in [-0.2, 0) is 4.79 Å². The van der Waals surface area contributed by atoms with Gasteiger partial charge in [-0.25, -0.2) is 0 Å². The molecule has 1 fully saturated rings. The van der Waals surface area contributed by atoms with E-state index in [1.54, 1.807) is 0 Å². The van der Waals surface area contributed by atoms with E-state index in [-0.39, 0.29) is 28.2 Å². The van der Waals surface area contributed by atoms with Crippen molar-refractivity contribution in [3.8, 4) is 6.07 Å². The van der Waals surface area contributed by atoms with Crippen molar-refractivity contribution in [3.05, 3.63) is 35.9 Å². The maximum Gasteiger partial charge on any atom is 0.238 e. The van der Waals surface area contributed by atoms with E-state index in [1.165, 1.54) is 0 Å². The fraction of sp³-hybridized carbons (Fsp3) is 0.556. The van der Waals surface area contributed by atoms with E-state index in [9.17, 15) is 10.1 Å². The van der Waals surface area contributed by atoms with Crippen LogP contribution in [0.4, 0.5) is 0 Å². The molecule has 5 unspecified atom stereocenters. The van der Waals surface area contributed by atoms with Crippen LogP contribution in [0.15, 0.2) is 30.3 Å². The van der Waals surface area contributed by atoms with E-state index in [1.807, 2.05) is 51.1 Å². The predicted molar refractivity (Wildman–Crippen MR) is 88.2 cm³/mol. The number of amides is 1. The van der Waals surface area contributed by atoms with Crippen molar-refractivity contribution in [3.63, 3.8) is 0 Å². The molecule has 2 rings (SSSR count). The third-order valence-corrected chi connectivity index (χ3v) is 5.92. The minimum atomic E-state index is -0.684. The van der Waals surface area contributed by atoms with Gasteiger partial charge in [0.2, 0.25) is 5.91 Å². The van der Waals surface area contributed by atoms with Crippen molar-refractivity contribution in [2.45, 2.75) is 45.0 Å². The first kappa shape index (κ1) is 16.8. The summed E-state index contributed by atoms with van der Waals surface area (Å²) in [7, 11) is 0. The van der Waals surface area contributed by atoms with Gasteiger partial charge in [0.15, 0.2) is 0 Å². The Morgan fingerprint density at radius 2 is 1.86 bits per heavy atom. The number of carbonyl (C=O) groups is 1. The third-order valence-electron chi connectivity index (χ3n) is 5.35. The number of hydrogen-bond acceptors (Lipinski definition) is 2. The molecule has 1 N–H and O–H groups in total. The van der Waals surface area contributed by atoms with Crippen LogP contribution in [-0.4, -0.2) is 10.8 Å². The summed E-state index contributed by atoms with van der Waals surface area (Å²) < 4.78 is 0. The Morgan fingerprint density at radius 3 is 2.32 bits per heavy atom. The molecule has 1 saturated carbocycles. The first-order chi connectivity index (χ1) is 10.2. The number of benzene rings is 1. The predicted octanol–water partition coefficient (Wildman–Crippen LogP) is 4.05. The number of nitrogens with zero attached hydrogens (tertiary/aromatic N) is 1. The van der Waals surface area contributed by atoms with E-state index in [0.29, 0.717) is 0 Å². The van der Waals surface area contributed by atoms with E-state index in [2.05, 4.69) is 18.3 Å². The number of rotatable bonds is 5. The Morgan fingerprint density at radius 1 is 1.32 bits per heavy atom. The number of hydrogen-bond donors (Lipinski definition) is 1. The van der Waals surface area contributed by atoms with Gasteiger partial charge in [-0.2, -0.15) is 5.26 Å². The fourth-order valence-corrected chi connectivity index (χ4v) is 3.62. The smallest absolute Gasteiger partial charge is 0.238 e. The van der Waals surface area contributed by atoms with Crippen molar-refractivity contribution < 1.29 is 4.79 Å². The zero-order valence-corrected chi connectivity index (χ0v) is 14.3. The molecule has 1 aromatic carbocycles. The molecule has 1 aliphatic carbocycles. The maximum absolute atomic E-state index is 12.5. The lowest BCUT2D eigenvalue weighted by atomic mass is 9.80. The lowest BCUT2D eigenvalue weighted by Crippen LogP contribution is -2.38. The second-order valence-electron chi connectivity index (χ2n) is 6.83. The molecule has 0 aliphatic heterocycles. The van der Waals surface area contributed by atoms with Crippen LogP contribution in [0.25, 0.3) is 0 Å². The SMILES string of the molecule is CC(NC(=O)C(C#N)C(C)C1(C)CC1(C)Cl)c1ccccc1. The van der Waals surface area contributed by atoms with Gasteiger partial charge >= 0.3 is 0 Å². The number of nitrogens with one attached hydrogen (secondary N) is 1. The van der Waals surface area contributed by atoms with Gasteiger partial charge in [0.1, 0.15) is 5.92 Å². The van der Waals surface area contributed by atoms with Crippen LogP contribution in [0.3, 0.4) is 0 Å². The average Bonchev–Trinajstić information content (AvgIpc) is 3.00. The topological polar surface area (TPSA) is 52.9 Å². The molecule has 1 aromatic rings. The molecule has 0 saturated heterocycles. The molecule has 0 spiro atoms. The van der Waals surface area contributed by atoms with Crippen LogP contribution in [0, 0.1) is 28.6 Å². The molecule has 0 bridgehead atoms. The zero-order valence-electron chi connectivity index (χ0n) is 13.6. The maximum atomic E-state index is 12.5. The number of carbonyl (C=O) groups excluding carboxylic acids is 1. The summed E-state index contributed by atoms with van der Waals surface area (Å²) >= 11 is 6.41. The summed E-state index contributed by atoms with van der Waals surface area (Å²) in [5, 5.41) is 12.4. The molecular weight excluding hydrogens is 296 g/mol. The first-order valence-electron chi connectivity index (χ1n) is 7.67. The van der Waals surface area contributed by atoms with Gasteiger partial charge in [0, 0.05) is 4.87 Å². The largest absolute Gasteiger partial charge is 0.348 e. The van der Waals surface area contributed by atoms with Gasteiger partial charge in [-0.15, -0.1) is 11.6 Å². The molecule has 1 aliphatic rings. The minimum absolute atomic E-state index is 0.0806. The summed E-state index contributed by atoms with van der Waals surface area (Å²) in [4.78, 5) is 12.2.